The highest BCUT2D eigenvalue weighted by atomic mass is 16.5. The Kier molecular flexibility index (Phi) is 8.69. The summed E-state index contributed by atoms with van der Waals surface area (Å²) in [4.78, 5) is 5.00. The van der Waals surface area contributed by atoms with Crippen molar-refractivity contribution < 1.29 is 4.74 Å². The SMILES string of the molecule is CC(C)CN(C)CCN1CCO[C@@H](CCNC(C)C)C1. The highest BCUT2D eigenvalue weighted by Crippen LogP contribution is 2.08. The van der Waals surface area contributed by atoms with Crippen molar-refractivity contribution in [1.29, 1.82) is 0 Å². The maximum absolute atomic E-state index is 5.87. The lowest BCUT2D eigenvalue weighted by Crippen LogP contribution is -2.46. The second-order valence-corrected chi connectivity index (χ2v) is 6.85. The summed E-state index contributed by atoms with van der Waals surface area (Å²) in [5.41, 5.74) is 0. The van der Waals surface area contributed by atoms with Crippen LogP contribution in [0.5, 0.6) is 0 Å². The molecular weight excluding hydrogens is 250 g/mol. The molecule has 1 atom stereocenters. The minimum absolute atomic E-state index is 0.408. The molecule has 1 aliphatic heterocycles. The molecule has 0 aliphatic carbocycles. The lowest BCUT2D eigenvalue weighted by atomic mass is 10.2. The number of nitrogens with one attached hydrogen (secondary N) is 1. The maximum Gasteiger partial charge on any atom is 0.0714 e. The van der Waals surface area contributed by atoms with E-state index in [4.69, 9.17) is 4.74 Å². The van der Waals surface area contributed by atoms with Crippen molar-refractivity contribution in [2.24, 2.45) is 5.92 Å². The summed E-state index contributed by atoms with van der Waals surface area (Å²) in [6.07, 6.45) is 1.53. The van der Waals surface area contributed by atoms with Crippen LogP contribution in [-0.4, -0.2) is 74.9 Å². The number of likely N-dealkylation sites (N-methyl/N-ethyl adjacent to an activating group) is 1. The Morgan fingerprint density at radius 2 is 2.05 bits per heavy atom. The average Bonchev–Trinajstić information content (AvgIpc) is 2.36. The monoisotopic (exact) mass is 285 g/mol. The van der Waals surface area contributed by atoms with Crippen LogP contribution in [0, 0.1) is 5.92 Å². The molecule has 0 radical (unpaired) electrons. The Balaban J connectivity index is 2.16. The summed E-state index contributed by atoms with van der Waals surface area (Å²) in [5, 5.41) is 3.47. The van der Waals surface area contributed by atoms with Crippen LogP contribution in [0.1, 0.15) is 34.1 Å². The molecule has 1 saturated heterocycles. The quantitative estimate of drug-likeness (QED) is 0.697. The lowest BCUT2D eigenvalue weighted by Gasteiger charge is -2.34. The van der Waals surface area contributed by atoms with Crippen LogP contribution in [0.3, 0.4) is 0 Å². The number of nitrogens with zero attached hydrogens (tertiary/aromatic N) is 2. The molecule has 0 aromatic carbocycles. The highest BCUT2D eigenvalue weighted by Gasteiger charge is 2.20. The lowest BCUT2D eigenvalue weighted by molar-refractivity contribution is -0.0334. The summed E-state index contributed by atoms with van der Waals surface area (Å²) in [5.74, 6) is 0.750. The number of rotatable bonds is 9. The normalized spacial score (nSPS) is 21.3. The largest absolute Gasteiger partial charge is 0.376 e. The molecule has 0 amide bonds. The van der Waals surface area contributed by atoms with Gasteiger partial charge in [0.1, 0.15) is 0 Å². The van der Waals surface area contributed by atoms with Crippen LogP contribution in [0.4, 0.5) is 0 Å². The first-order valence-electron chi connectivity index (χ1n) is 8.23. The molecule has 0 spiro atoms. The van der Waals surface area contributed by atoms with Crippen molar-refractivity contribution in [2.75, 3.05) is 52.9 Å². The average molecular weight is 285 g/mol. The number of morpholine rings is 1. The van der Waals surface area contributed by atoms with Crippen molar-refractivity contribution in [3.63, 3.8) is 0 Å². The molecule has 120 valence electrons. The van der Waals surface area contributed by atoms with E-state index >= 15 is 0 Å². The fraction of sp³-hybridized carbons (Fsp3) is 1.00. The van der Waals surface area contributed by atoms with Gasteiger partial charge in [-0.25, -0.2) is 0 Å². The van der Waals surface area contributed by atoms with E-state index < -0.39 is 0 Å². The van der Waals surface area contributed by atoms with Gasteiger partial charge in [0.2, 0.25) is 0 Å². The van der Waals surface area contributed by atoms with Crippen molar-refractivity contribution in [3.05, 3.63) is 0 Å². The Labute approximate surface area is 125 Å². The molecule has 1 aliphatic rings. The molecule has 0 aromatic heterocycles. The van der Waals surface area contributed by atoms with Crippen LogP contribution in [0.15, 0.2) is 0 Å². The van der Waals surface area contributed by atoms with E-state index in [9.17, 15) is 0 Å². The Hall–Kier alpha value is -0.160. The van der Waals surface area contributed by atoms with Gasteiger partial charge in [-0.1, -0.05) is 27.7 Å². The molecule has 0 bridgehead atoms. The van der Waals surface area contributed by atoms with E-state index in [1.165, 1.54) is 13.1 Å². The zero-order chi connectivity index (χ0) is 15.0. The van der Waals surface area contributed by atoms with E-state index in [0.29, 0.717) is 12.1 Å². The second kappa shape index (κ2) is 9.72. The van der Waals surface area contributed by atoms with E-state index in [1.807, 2.05) is 0 Å². The van der Waals surface area contributed by atoms with Gasteiger partial charge in [-0.3, -0.25) is 4.90 Å². The van der Waals surface area contributed by atoms with Crippen LogP contribution in [0.2, 0.25) is 0 Å². The standard InChI is InChI=1S/C16H35N3O/c1-14(2)12-18(5)8-9-19-10-11-20-16(13-19)6-7-17-15(3)4/h14-17H,6-13H2,1-5H3/t16-/m0/s1. The molecule has 1 fully saturated rings. The van der Waals surface area contributed by atoms with Crippen molar-refractivity contribution in [1.82, 2.24) is 15.1 Å². The van der Waals surface area contributed by atoms with Crippen molar-refractivity contribution in [3.8, 4) is 0 Å². The molecule has 1 heterocycles. The summed E-state index contributed by atoms with van der Waals surface area (Å²) >= 11 is 0. The van der Waals surface area contributed by atoms with Gasteiger partial charge in [0.05, 0.1) is 12.7 Å². The number of hydrogen-bond acceptors (Lipinski definition) is 4. The molecule has 1 N–H and O–H groups in total. The summed E-state index contributed by atoms with van der Waals surface area (Å²) in [6.45, 7) is 16.6. The molecule has 20 heavy (non-hydrogen) atoms. The van der Waals surface area contributed by atoms with Crippen molar-refractivity contribution in [2.45, 2.75) is 46.3 Å². The molecular formula is C16H35N3O. The molecule has 1 rings (SSSR count). The van der Waals surface area contributed by atoms with E-state index in [1.54, 1.807) is 0 Å². The van der Waals surface area contributed by atoms with E-state index in [-0.39, 0.29) is 0 Å². The summed E-state index contributed by atoms with van der Waals surface area (Å²) in [6, 6.07) is 0.569. The zero-order valence-electron chi connectivity index (χ0n) is 14.2. The minimum atomic E-state index is 0.408. The van der Waals surface area contributed by atoms with Crippen LogP contribution < -0.4 is 5.32 Å². The Morgan fingerprint density at radius 1 is 1.30 bits per heavy atom. The minimum Gasteiger partial charge on any atom is -0.376 e. The first-order chi connectivity index (χ1) is 9.47. The third kappa shape index (κ3) is 8.20. The zero-order valence-corrected chi connectivity index (χ0v) is 14.2. The maximum atomic E-state index is 5.87. The highest BCUT2D eigenvalue weighted by molar-refractivity contribution is 4.73. The van der Waals surface area contributed by atoms with Gasteiger partial charge in [0.15, 0.2) is 0 Å². The Morgan fingerprint density at radius 3 is 2.70 bits per heavy atom. The van der Waals surface area contributed by atoms with E-state index in [2.05, 4.69) is 49.9 Å². The smallest absolute Gasteiger partial charge is 0.0714 e. The fourth-order valence-corrected chi connectivity index (χ4v) is 2.72. The Bertz CT molecular complexity index is 246. The first-order valence-corrected chi connectivity index (χ1v) is 8.23. The fourth-order valence-electron chi connectivity index (χ4n) is 2.72. The topological polar surface area (TPSA) is 27.7 Å². The van der Waals surface area contributed by atoms with Crippen molar-refractivity contribution >= 4 is 0 Å². The van der Waals surface area contributed by atoms with Gasteiger partial charge in [0, 0.05) is 38.8 Å². The van der Waals surface area contributed by atoms with Gasteiger partial charge in [0.25, 0.3) is 0 Å². The van der Waals surface area contributed by atoms with Gasteiger partial charge in [-0.2, -0.15) is 0 Å². The molecule has 0 saturated carbocycles. The number of hydrogen-bond donors (Lipinski definition) is 1. The molecule has 0 unspecified atom stereocenters. The summed E-state index contributed by atoms with van der Waals surface area (Å²) < 4.78 is 5.87. The first kappa shape index (κ1) is 17.9. The molecule has 4 nitrogen and oxygen atoms in total. The predicted octanol–water partition coefficient (Wildman–Crippen LogP) is 1.66. The van der Waals surface area contributed by atoms with Crippen LogP contribution >= 0.6 is 0 Å². The molecule has 0 aromatic rings. The van der Waals surface area contributed by atoms with Gasteiger partial charge >= 0.3 is 0 Å². The third-order valence-corrected chi connectivity index (χ3v) is 3.72. The van der Waals surface area contributed by atoms with E-state index in [0.717, 1.165) is 45.1 Å². The second-order valence-electron chi connectivity index (χ2n) is 6.85. The van der Waals surface area contributed by atoms with Gasteiger partial charge < -0.3 is 15.0 Å². The summed E-state index contributed by atoms with van der Waals surface area (Å²) in [7, 11) is 2.23. The predicted molar refractivity (Wildman–Crippen MR) is 86.3 cm³/mol. The van der Waals surface area contributed by atoms with Crippen LogP contribution in [-0.2, 0) is 4.74 Å². The molecule has 4 heteroatoms. The number of ether oxygens (including phenoxy) is 1. The van der Waals surface area contributed by atoms with Gasteiger partial charge in [-0.05, 0) is 25.9 Å². The third-order valence-electron chi connectivity index (χ3n) is 3.72. The van der Waals surface area contributed by atoms with Gasteiger partial charge in [-0.15, -0.1) is 0 Å². The van der Waals surface area contributed by atoms with Crippen LogP contribution in [0.25, 0.3) is 0 Å².